The number of piperazine rings is 1. The highest BCUT2D eigenvalue weighted by molar-refractivity contribution is 5.85. The highest BCUT2D eigenvalue weighted by Gasteiger charge is 2.21. The smallest absolute Gasteiger partial charge is 0.251 e. The molecule has 192 valence electrons. The van der Waals surface area contributed by atoms with Crippen molar-refractivity contribution in [3.63, 3.8) is 0 Å². The van der Waals surface area contributed by atoms with E-state index in [1.807, 2.05) is 0 Å². The summed E-state index contributed by atoms with van der Waals surface area (Å²) in [6, 6.07) is 7.77. The van der Waals surface area contributed by atoms with Crippen molar-refractivity contribution in [3.8, 4) is 11.3 Å². The van der Waals surface area contributed by atoms with E-state index in [0.29, 0.717) is 26.2 Å². The summed E-state index contributed by atoms with van der Waals surface area (Å²) in [5.41, 5.74) is -0.328. The molecule has 2 aromatic heterocycles. The molecule has 0 aliphatic carbocycles. The molecule has 2 aromatic carbocycles. The van der Waals surface area contributed by atoms with Crippen molar-refractivity contribution < 1.29 is 17.6 Å². The molecule has 0 saturated carbocycles. The zero-order chi connectivity index (χ0) is 26.3. The van der Waals surface area contributed by atoms with Gasteiger partial charge in [-0.2, -0.15) is 0 Å². The number of benzene rings is 2. The zero-order valence-electron chi connectivity index (χ0n) is 20.2. The molecule has 4 aromatic rings. The number of halogens is 4. The van der Waals surface area contributed by atoms with E-state index in [4.69, 9.17) is 0 Å². The lowest BCUT2D eigenvalue weighted by Crippen LogP contribution is -2.44. The Morgan fingerprint density at radius 2 is 1.73 bits per heavy atom. The summed E-state index contributed by atoms with van der Waals surface area (Å²) < 4.78 is 60.9. The van der Waals surface area contributed by atoms with Crippen LogP contribution in [0.4, 0.5) is 34.9 Å². The van der Waals surface area contributed by atoms with Crippen LogP contribution in [0, 0.1) is 23.3 Å². The van der Waals surface area contributed by atoms with Gasteiger partial charge in [-0.3, -0.25) is 4.79 Å². The molecular weight excluding hydrogens is 488 g/mol. The highest BCUT2D eigenvalue weighted by atomic mass is 19.2. The minimum Gasteiger partial charge on any atom is -0.367 e. The van der Waals surface area contributed by atoms with Gasteiger partial charge in [-0.1, -0.05) is 0 Å². The van der Waals surface area contributed by atoms with Gasteiger partial charge in [0.2, 0.25) is 5.95 Å². The number of pyridine rings is 1. The van der Waals surface area contributed by atoms with Gasteiger partial charge in [0, 0.05) is 49.2 Å². The van der Waals surface area contributed by atoms with Crippen molar-refractivity contribution in [2.75, 3.05) is 36.4 Å². The van der Waals surface area contributed by atoms with E-state index >= 15 is 0 Å². The molecular formula is C26H24F4N6O. The van der Waals surface area contributed by atoms with Crippen LogP contribution in [0.25, 0.3) is 22.2 Å². The van der Waals surface area contributed by atoms with Gasteiger partial charge in [0.25, 0.3) is 5.56 Å². The molecule has 0 unspecified atom stereocenters. The molecule has 1 saturated heterocycles. The molecule has 0 radical (unpaired) electrons. The lowest BCUT2D eigenvalue weighted by atomic mass is 10.1. The van der Waals surface area contributed by atoms with Crippen LogP contribution in [0.1, 0.15) is 19.9 Å². The monoisotopic (exact) mass is 512 g/mol. The Hall–Kier alpha value is -3.99. The summed E-state index contributed by atoms with van der Waals surface area (Å²) in [5.74, 6) is -3.86. The van der Waals surface area contributed by atoms with E-state index in [2.05, 4.69) is 20.6 Å². The van der Waals surface area contributed by atoms with Crippen molar-refractivity contribution >= 4 is 28.2 Å². The topological polar surface area (TPSA) is 75.1 Å². The third kappa shape index (κ3) is 4.62. The van der Waals surface area contributed by atoms with Gasteiger partial charge in [0.05, 0.1) is 23.1 Å². The number of fused-ring (bicyclic) bond motifs is 1. The first-order valence-electron chi connectivity index (χ1n) is 11.8. The summed E-state index contributed by atoms with van der Waals surface area (Å²) in [4.78, 5) is 22.1. The van der Waals surface area contributed by atoms with Crippen LogP contribution < -0.4 is 21.1 Å². The van der Waals surface area contributed by atoms with Crippen molar-refractivity contribution in [2.45, 2.75) is 19.9 Å². The van der Waals surface area contributed by atoms with Crippen LogP contribution >= 0.6 is 0 Å². The Morgan fingerprint density at radius 1 is 0.973 bits per heavy atom. The summed E-state index contributed by atoms with van der Waals surface area (Å²) >= 11 is 0. The molecule has 1 fully saturated rings. The van der Waals surface area contributed by atoms with Crippen molar-refractivity contribution in [2.24, 2.45) is 0 Å². The van der Waals surface area contributed by atoms with Crippen molar-refractivity contribution in [1.29, 1.82) is 0 Å². The van der Waals surface area contributed by atoms with E-state index in [1.165, 1.54) is 34.9 Å². The van der Waals surface area contributed by atoms with E-state index in [-0.39, 0.29) is 51.1 Å². The Labute approximate surface area is 209 Å². The molecule has 0 spiro atoms. The van der Waals surface area contributed by atoms with Crippen molar-refractivity contribution in [1.82, 2.24) is 19.9 Å². The Kier molecular flexibility index (Phi) is 6.55. The second-order valence-electron chi connectivity index (χ2n) is 9.04. The lowest BCUT2D eigenvalue weighted by Gasteiger charge is -2.30. The van der Waals surface area contributed by atoms with Crippen LogP contribution in [0.3, 0.4) is 0 Å². The molecule has 1 aliphatic rings. The maximum Gasteiger partial charge on any atom is 0.251 e. The van der Waals surface area contributed by atoms with Gasteiger partial charge in [-0.15, -0.1) is 0 Å². The fourth-order valence-corrected chi connectivity index (χ4v) is 4.53. The number of nitrogens with zero attached hydrogens (tertiary/aromatic N) is 4. The molecule has 0 amide bonds. The third-order valence-electron chi connectivity index (χ3n) is 6.30. The fraction of sp³-hybridized carbons (Fsp3) is 0.269. The zero-order valence-corrected chi connectivity index (χ0v) is 20.2. The predicted molar refractivity (Wildman–Crippen MR) is 134 cm³/mol. The minimum absolute atomic E-state index is 0.0636. The van der Waals surface area contributed by atoms with Crippen LogP contribution in [-0.4, -0.2) is 40.7 Å². The van der Waals surface area contributed by atoms with Gasteiger partial charge >= 0.3 is 0 Å². The van der Waals surface area contributed by atoms with E-state index in [1.54, 1.807) is 18.7 Å². The van der Waals surface area contributed by atoms with E-state index in [9.17, 15) is 22.4 Å². The first-order chi connectivity index (χ1) is 17.7. The quantitative estimate of drug-likeness (QED) is 0.376. The number of hydrogen-bond donors (Lipinski definition) is 2. The number of hydrogen-bond acceptors (Lipinski definition) is 6. The van der Waals surface area contributed by atoms with Gasteiger partial charge < -0.3 is 20.1 Å². The molecule has 11 heteroatoms. The summed E-state index contributed by atoms with van der Waals surface area (Å²) in [7, 11) is 0. The number of anilines is 3. The molecule has 1 aliphatic heterocycles. The second-order valence-corrected chi connectivity index (χ2v) is 9.04. The lowest BCUT2D eigenvalue weighted by molar-refractivity contribution is 0.502. The van der Waals surface area contributed by atoms with Crippen LogP contribution in [0.2, 0.25) is 0 Å². The Bertz CT molecular complexity index is 1550. The summed E-state index contributed by atoms with van der Waals surface area (Å²) in [6.07, 6.45) is 0.858. The maximum absolute atomic E-state index is 15.0. The Balaban J connectivity index is 1.53. The minimum atomic E-state index is -1.12. The molecule has 5 rings (SSSR count). The second kappa shape index (κ2) is 9.81. The standard InChI is InChI=1S/C26H24F4N6O/c1-14(2)36-21-12-15(11-17(27)16(21)3-6-22(36)37)25-18(28)13-32-26(34-25)33-19-4-5-20(24(30)23(19)29)35-9-7-31-8-10-35/h3-6,11-14,31H,7-10H2,1-2H3,(H,32,33,34). The highest BCUT2D eigenvalue weighted by Crippen LogP contribution is 2.31. The Morgan fingerprint density at radius 3 is 2.46 bits per heavy atom. The number of nitrogens with one attached hydrogen (secondary N) is 2. The third-order valence-corrected chi connectivity index (χ3v) is 6.30. The SMILES string of the molecule is CC(C)n1c(=O)ccc2c(F)cc(-c3nc(Nc4ccc(N5CCNCC5)c(F)c4F)ncc3F)cc21. The molecule has 37 heavy (non-hydrogen) atoms. The normalized spacial score (nSPS) is 14.0. The fourth-order valence-electron chi connectivity index (χ4n) is 4.53. The van der Waals surface area contributed by atoms with E-state index < -0.39 is 23.3 Å². The molecule has 2 N–H and O–H groups in total. The van der Waals surface area contributed by atoms with Crippen molar-refractivity contribution in [3.05, 3.63) is 76.2 Å². The maximum atomic E-state index is 15.0. The average Bonchev–Trinajstić information content (AvgIpc) is 2.88. The van der Waals surface area contributed by atoms with Gasteiger partial charge in [0.15, 0.2) is 17.5 Å². The van der Waals surface area contributed by atoms with Gasteiger partial charge in [0.1, 0.15) is 11.5 Å². The van der Waals surface area contributed by atoms with Crippen LogP contribution in [-0.2, 0) is 0 Å². The molecule has 0 atom stereocenters. The van der Waals surface area contributed by atoms with E-state index in [0.717, 1.165) is 12.3 Å². The molecule has 0 bridgehead atoms. The largest absolute Gasteiger partial charge is 0.367 e. The summed E-state index contributed by atoms with van der Waals surface area (Å²) in [6.45, 7) is 5.96. The number of rotatable bonds is 5. The molecule has 7 nitrogen and oxygen atoms in total. The van der Waals surface area contributed by atoms with Gasteiger partial charge in [-0.05, 0) is 44.2 Å². The first kappa shape index (κ1) is 24.7. The van der Waals surface area contributed by atoms with Gasteiger partial charge in [-0.25, -0.2) is 27.5 Å². The van der Waals surface area contributed by atoms with Crippen LogP contribution in [0.5, 0.6) is 0 Å². The average molecular weight is 513 g/mol. The predicted octanol–water partition coefficient (Wildman–Crippen LogP) is 4.75. The first-order valence-corrected chi connectivity index (χ1v) is 11.8. The number of aromatic nitrogens is 3. The summed E-state index contributed by atoms with van der Waals surface area (Å²) in [5, 5.41) is 5.94. The molecule has 3 heterocycles. The van der Waals surface area contributed by atoms with Crippen LogP contribution in [0.15, 0.2) is 47.4 Å².